The second-order valence-electron chi connectivity index (χ2n) is 5.00. The van der Waals surface area contributed by atoms with Crippen LogP contribution in [0.1, 0.15) is 42.9 Å². The second-order valence-corrected chi connectivity index (χ2v) is 5.00. The van der Waals surface area contributed by atoms with Crippen molar-refractivity contribution in [2.45, 2.75) is 38.6 Å². The Bertz CT molecular complexity index is 374. The molecule has 1 saturated carbocycles. The smallest absolute Gasteiger partial charge is 0.123 e. The van der Waals surface area contributed by atoms with Gasteiger partial charge in [0.05, 0.1) is 7.11 Å². The van der Waals surface area contributed by atoms with E-state index >= 15 is 0 Å². The molecular weight excluding hydrogens is 212 g/mol. The first-order chi connectivity index (χ1) is 8.24. The zero-order valence-corrected chi connectivity index (χ0v) is 10.7. The van der Waals surface area contributed by atoms with Gasteiger partial charge in [0.25, 0.3) is 0 Å². The predicted octanol–water partition coefficient (Wildman–Crippen LogP) is 2.70. The molecule has 0 spiro atoms. The molecule has 1 unspecified atom stereocenters. The lowest BCUT2D eigenvalue weighted by Gasteiger charge is -2.30. The van der Waals surface area contributed by atoms with E-state index in [-0.39, 0.29) is 6.04 Å². The number of methoxy groups -OCH3 is 1. The number of hydrogen-bond acceptors (Lipinski definition) is 3. The molecule has 0 amide bonds. The van der Waals surface area contributed by atoms with Crippen molar-refractivity contribution in [3.8, 4) is 5.75 Å². The number of hydrogen-bond donors (Lipinski definition) is 2. The number of ether oxygens (including phenoxy) is 1. The van der Waals surface area contributed by atoms with Crippen molar-refractivity contribution in [1.29, 1.82) is 0 Å². The molecule has 3 heteroatoms. The van der Waals surface area contributed by atoms with Gasteiger partial charge in [-0.25, -0.2) is 0 Å². The third-order valence-electron chi connectivity index (χ3n) is 3.76. The first-order valence-electron chi connectivity index (χ1n) is 6.35. The molecule has 3 N–H and O–H groups in total. The van der Waals surface area contributed by atoms with E-state index < -0.39 is 0 Å². The fourth-order valence-electron chi connectivity index (χ4n) is 2.45. The highest BCUT2D eigenvalue weighted by molar-refractivity contribution is 5.39. The number of hydrazine groups is 1. The van der Waals surface area contributed by atoms with Crippen molar-refractivity contribution in [3.63, 3.8) is 0 Å². The van der Waals surface area contributed by atoms with E-state index in [0.29, 0.717) is 0 Å². The van der Waals surface area contributed by atoms with Crippen molar-refractivity contribution >= 4 is 0 Å². The summed E-state index contributed by atoms with van der Waals surface area (Å²) in [7, 11) is 1.72. The summed E-state index contributed by atoms with van der Waals surface area (Å²) in [6.07, 6.45) is 5.15. The third kappa shape index (κ3) is 2.79. The van der Waals surface area contributed by atoms with E-state index in [1.54, 1.807) is 7.11 Å². The monoisotopic (exact) mass is 234 g/mol. The van der Waals surface area contributed by atoms with Gasteiger partial charge < -0.3 is 4.74 Å². The molecule has 0 heterocycles. The highest BCUT2D eigenvalue weighted by Crippen LogP contribution is 2.37. The van der Waals surface area contributed by atoms with Crippen LogP contribution in [-0.4, -0.2) is 7.11 Å². The zero-order valence-electron chi connectivity index (χ0n) is 10.7. The van der Waals surface area contributed by atoms with Crippen molar-refractivity contribution in [3.05, 3.63) is 29.3 Å². The molecule has 94 valence electrons. The summed E-state index contributed by atoms with van der Waals surface area (Å²) >= 11 is 0. The maximum Gasteiger partial charge on any atom is 0.123 e. The minimum atomic E-state index is 0.204. The third-order valence-corrected chi connectivity index (χ3v) is 3.76. The van der Waals surface area contributed by atoms with Gasteiger partial charge in [0, 0.05) is 11.6 Å². The molecule has 1 aromatic rings. The van der Waals surface area contributed by atoms with Crippen molar-refractivity contribution in [2.24, 2.45) is 11.8 Å². The van der Waals surface area contributed by atoms with Crippen LogP contribution >= 0.6 is 0 Å². The van der Waals surface area contributed by atoms with Crippen molar-refractivity contribution < 1.29 is 4.74 Å². The van der Waals surface area contributed by atoms with E-state index in [4.69, 9.17) is 10.6 Å². The van der Waals surface area contributed by atoms with E-state index in [0.717, 1.165) is 18.1 Å². The van der Waals surface area contributed by atoms with E-state index in [1.165, 1.54) is 30.4 Å². The molecule has 1 aliphatic carbocycles. The quantitative estimate of drug-likeness (QED) is 0.608. The fourth-order valence-corrected chi connectivity index (χ4v) is 2.45. The van der Waals surface area contributed by atoms with Crippen LogP contribution in [0.3, 0.4) is 0 Å². The van der Waals surface area contributed by atoms with Crippen LogP contribution in [0.15, 0.2) is 18.2 Å². The molecule has 2 rings (SSSR count). The number of nitrogens with one attached hydrogen (secondary N) is 1. The summed E-state index contributed by atoms with van der Waals surface area (Å²) in [5.74, 6) is 7.45. The van der Waals surface area contributed by atoms with Gasteiger partial charge in [0.15, 0.2) is 0 Å². The van der Waals surface area contributed by atoms with Crippen LogP contribution < -0.4 is 16.0 Å². The minimum Gasteiger partial charge on any atom is -0.496 e. The predicted molar refractivity (Wildman–Crippen MR) is 69.8 cm³/mol. The largest absolute Gasteiger partial charge is 0.496 e. The molecule has 0 saturated heterocycles. The Morgan fingerprint density at radius 1 is 1.47 bits per heavy atom. The van der Waals surface area contributed by atoms with Gasteiger partial charge in [-0.15, -0.1) is 0 Å². The number of benzene rings is 1. The van der Waals surface area contributed by atoms with E-state index in [2.05, 4.69) is 30.5 Å². The topological polar surface area (TPSA) is 47.3 Å². The molecule has 0 aromatic heterocycles. The number of rotatable bonds is 5. The summed E-state index contributed by atoms with van der Waals surface area (Å²) in [5.41, 5.74) is 5.32. The molecule has 17 heavy (non-hydrogen) atoms. The van der Waals surface area contributed by atoms with Crippen LogP contribution in [-0.2, 0) is 0 Å². The summed E-state index contributed by atoms with van der Waals surface area (Å²) in [6, 6.07) is 6.51. The molecule has 1 atom stereocenters. The lowest BCUT2D eigenvalue weighted by atomic mass is 9.79. The first-order valence-corrected chi connectivity index (χ1v) is 6.35. The average Bonchev–Trinajstić information content (AvgIpc) is 2.29. The van der Waals surface area contributed by atoms with E-state index in [9.17, 15) is 0 Å². The van der Waals surface area contributed by atoms with Crippen LogP contribution in [0.2, 0.25) is 0 Å². The van der Waals surface area contributed by atoms with Crippen LogP contribution in [0.4, 0.5) is 0 Å². The molecule has 3 nitrogen and oxygen atoms in total. The second kappa shape index (κ2) is 5.52. The Balaban J connectivity index is 2.16. The zero-order chi connectivity index (χ0) is 12.3. The maximum atomic E-state index is 5.69. The summed E-state index contributed by atoms with van der Waals surface area (Å²) in [4.78, 5) is 0. The Labute approximate surface area is 103 Å². The summed E-state index contributed by atoms with van der Waals surface area (Å²) < 4.78 is 5.45. The Morgan fingerprint density at radius 3 is 2.76 bits per heavy atom. The van der Waals surface area contributed by atoms with Gasteiger partial charge in [-0.05, 0) is 30.9 Å². The molecule has 0 aliphatic heterocycles. The van der Waals surface area contributed by atoms with Gasteiger partial charge >= 0.3 is 0 Å². The lowest BCUT2D eigenvalue weighted by Crippen LogP contribution is -2.31. The van der Waals surface area contributed by atoms with Crippen molar-refractivity contribution in [2.75, 3.05) is 7.11 Å². The SMILES string of the molecule is COc1cc(C)ccc1C(CC1CCC1)NN. The Hall–Kier alpha value is -1.06. The van der Waals surface area contributed by atoms with Gasteiger partial charge in [-0.3, -0.25) is 11.3 Å². The van der Waals surface area contributed by atoms with Gasteiger partial charge in [0.1, 0.15) is 5.75 Å². The molecule has 1 aromatic carbocycles. The van der Waals surface area contributed by atoms with Crippen LogP contribution in [0.25, 0.3) is 0 Å². The normalized spacial score (nSPS) is 17.6. The highest BCUT2D eigenvalue weighted by Gasteiger charge is 2.24. The average molecular weight is 234 g/mol. The van der Waals surface area contributed by atoms with Gasteiger partial charge in [-0.1, -0.05) is 31.4 Å². The fraction of sp³-hybridized carbons (Fsp3) is 0.571. The summed E-state index contributed by atoms with van der Waals surface area (Å²) in [5, 5.41) is 0. The van der Waals surface area contributed by atoms with Crippen LogP contribution in [0.5, 0.6) is 5.75 Å². The molecule has 0 radical (unpaired) electrons. The minimum absolute atomic E-state index is 0.204. The van der Waals surface area contributed by atoms with Crippen LogP contribution in [0, 0.1) is 12.8 Å². The Morgan fingerprint density at radius 2 is 2.24 bits per heavy atom. The lowest BCUT2D eigenvalue weighted by molar-refractivity contribution is 0.259. The van der Waals surface area contributed by atoms with Gasteiger partial charge in [0.2, 0.25) is 0 Å². The number of aryl methyl sites for hydroxylation is 1. The highest BCUT2D eigenvalue weighted by atomic mass is 16.5. The molecule has 0 bridgehead atoms. The summed E-state index contributed by atoms with van der Waals surface area (Å²) in [6.45, 7) is 2.07. The molecule has 1 aliphatic rings. The first kappa shape index (κ1) is 12.4. The van der Waals surface area contributed by atoms with Crippen molar-refractivity contribution in [1.82, 2.24) is 5.43 Å². The molecular formula is C14H22N2O. The standard InChI is InChI=1S/C14H22N2O/c1-10-6-7-12(14(8-10)17-2)13(16-15)9-11-4-3-5-11/h6-8,11,13,16H,3-5,9,15H2,1-2H3. The van der Waals surface area contributed by atoms with E-state index in [1.807, 2.05) is 0 Å². The molecule has 1 fully saturated rings. The maximum absolute atomic E-state index is 5.69. The Kier molecular flexibility index (Phi) is 4.02. The number of nitrogens with two attached hydrogens (primary N) is 1. The van der Waals surface area contributed by atoms with Gasteiger partial charge in [-0.2, -0.15) is 0 Å².